The Hall–Kier alpha value is -0.590. The van der Waals surface area contributed by atoms with Gasteiger partial charge in [0.15, 0.2) is 5.79 Å². The van der Waals surface area contributed by atoms with Gasteiger partial charge in [0, 0.05) is 6.42 Å². The van der Waals surface area contributed by atoms with Gasteiger partial charge < -0.3 is 9.47 Å². The molecule has 2 rings (SSSR count). The van der Waals surface area contributed by atoms with Gasteiger partial charge in [0.2, 0.25) is 0 Å². The zero-order valence-corrected chi connectivity index (χ0v) is 7.08. The summed E-state index contributed by atoms with van der Waals surface area (Å²) < 4.78 is 11.1. The highest BCUT2D eigenvalue weighted by molar-refractivity contribution is 4.98. The summed E-state index contributed by atoms with van der Waals surface area (Å²) in [4.78, 5) is 0. The number of nitriles is 1. The van der Waals surface area contributed by atoms with Gasteiger partial charge >= 0.3 is 0 Å². The molecule has 1 spiro atoms. The first-order chi connectivity index (χ1) is 5.87. The molecule has 1 aliphatic carbocycles. The highest BCUT2D eigenvalue weighted by Gasteiger charge is 2.45. The van der Waals surface area contributed by atoms with Crippen molar-refractivity contribution < 1.29 is 9.47 Å². The second kappa shape index (κ2) is 3.04. The predicted molar refractivity (Wildman–Crippen MR) is 42.2 cm³/mol. The first-order valence-electron chi connectivity index (χ1n) is 4.55. The van der Waals surface area contributed by atoms with Crippen LogP contribution in [0.15, 0.2) is 0 Å². The quantitative estimate of drug-likeness (QED) is 0.548. The van der Waals surface area contributed by atoms with Gasteiger partial charge in [-0.05, 0) is 12.8 Å². The van der Waals surface area contributed by atoms with Crippen molar-refractivity contribution in [3.63, 3.8) is 0 Å². The molecule has 0 bridgehead atoms. The molecular formula is C9H13NO2. The van der Waals surface area contributed by atoms with Crippen LogP contribution in [0.1, 0.15) is 25.7 Å². The number of rotatable bonds is 0. The van der Waals surface area contributed by atoms with Crippen LogP contribution in [-0.4, -0.2) is 19.0 Å². The second-order valence-electron chi connectivity index (χ2n) is 3.44. The maximum atomic E-state index is 8.91. The molecule has 0 amide bonds. The Morgan fingerprint density at radius 2 is 2.00 bits per heavy atom. The lowest BCUT2D eigenvalue weighted by Crippen LogP contribution is -2.41. The lowest BCUT2D eigenvalue weighted by molar-refractivity contribution is -0.198. The number of hydrogen-bond donors (Lipinski definition) is 0. The van der Waals surface area contributed by atoms with Crippen molar-refractivity contribution in [1.82, 2.24) is 0 Å². The fraction of sp³-hybridized carbons (Fsp3) is 0.889. The summed E-state index contributed by atoms with van der Waals surface area (Å²) in [5, 5.41) is 8.91. The zero-order chi connectivity index (χ0) is 8.44. The van der Waals surface area contributed by atoms with Gasteiger partial charge in [0.25, 0.3) is 0 Å². The van der Waals surface area contributed by atoms with E-state index >= 15 is 0 Å². The first-order valence-corrected chi connectivity index (χ1v) is 4.55. The Kier molecular flexibility index (Phi) is 2.03. The van der Waals surface area contributed by atoms with Crippen LogP contribution in [0, 0.1) is 17.2 Å². The van der Waals surface area contributed by atoms with Gasteiger partial charge in [-0.3, -0.25) is 0 Å². The smallest absolute Gasteiger partial charge is 0.184 e. The van der Waals surface area contributed by atoms with Crippen LogP contribution in [-0.2, 0) is 9.47 Å². The summed E-state index contributed by atoms with van der Waals surface area (Å²) in [6.07, 6.45) is 4.08. The van der Waals surface area contributed by atoms with Crippen molar-refractivity contribution in [3.05, 3.63) is 0 Å². The molecule has 1 atom stereocenters. The molecule has 2 fully saturated rings. The standard InChI is InChI=1S/C9H13NO2/c10-7-8-3-1-2-4-9(8)11-5-6-12-9/h8H,1-6H2. The summed E-state index contributed by atoms with van der Waals surface area (Å²) in [6.45, 7) is 1.30. The van der Waals surface area contributed by atoms with Crippen molar-refractivity contribution >= 4 is 0 Å². The van der Waals surface area contributed by atoms with Crippen LogP contribution in [0.4, 0.5) is 0 Å². The topological polar surface area (TPSA) is 42.2 Å². The summed E-state index contributed by atoms with van der Waals surface area (Å²) in [5.74, 6) is -0.568. The third kappa shape index (κ3) is 1.12. The molecule has 1 heterocycles. The molecule has 1 unspecified atom stereocenters. The lowest BCUT2D eigenvalue weighted by Gasteiger charge is -2.35. The Balaban J connectivity index is 2.14. The fourth-order valence-corrected chi connectivity index (χ4v) is 2.09. The predicted octanol–water partition coefficient (Wildman–Crippen LogP) is 1.44. The minimum Gasteiger partial charge on any atom is -0.346 e. The summed E-state index contributed by atoms with van der Waals surface area (Å²) in [5.41, 5.74) is 0. The average molecular weight is 167 g/mol. The summed E-state index contributed by atoms with van der Waals surface area (Å²) in [6, 6.07) is 2.29. The third-order valence-electron chi connectivity index (χ3n) is 2.73. The molecule has 0 aromatic carbocycles. The Labute approximate surface area is 72.3 Å². The van der Waals surface area contributed by atoms with E-state index in [1.54, 1.807) is 0 Å². The lowest BCUT2D eigenvalue weighted by atomic mass is 9.84. The van der Waals surface area contributed by atoms with E-state index in [0.29, 0.717) is 13.2 Å². The molecule has 0 N–H and O–H groups in total. The fourth-order valence-electron chi connectivity index (χ4n) is 2.09. The van der Waals surface area contributed by atoms with Gasteiger partial charge in [0.1, 0.15) is 5.92 Å². The molecule has 0 aromatic rings. The van der Waals surface area contributed by atoms with E-state index in [4.69, 9.17) is 14.7 Å². The number of ether oxygens (including phenoxy) is 2. The minimum atomic E-state index is -0.521. The van der Waals surface area contributed by atoms with E-state index in [0.717, 1.165) is 25.7 Å². The molecule has 3 nitrogen and oxygen atoms in total. The molecular weight excluding hydrogens is 154 g/mol. The van der Waals surface area contributed by atoms with E-state index in [1.165, 1.54) is 0 Å². The number of nitrogens with zero attached hydrogens (tertiary/aromatic N) is 1. The van der Waals surface area contributed by atoms with Gasteiger partial charge in [0.05, 0.1) is 19.3 Å². The maximum absolute atomic E-state index is 8.91. The highest BCUT2D eigenvalue weighted by Crippen LogP contribution is 2.39. The average Bonchev–Trinajstić information content (AvgIpc) is 2.55. The van der Waals surface area contributed by atoms with Gasteiger partial charge in [-0.1, -0.05) is 6.42 Å². The van der Waals surface area contributed by atoms with Crippen LogP contribution in [0.3, 0.4) is 0 Å². The van der Waals surface area contributed by atoms with Crippen LogP contribution >= 0.6 is 0 Å². The van der Waals surface area contributed by atoms with Crippen molar-refractivity contribution in [2.75, 3.05) is 13.2 Å². The van der Waals surface area contributed by atoms with Crippen molar-refractivity contribution in [2.24, 2.45) is 5.92 Å². The molecule has 12 heavy (non-hydrogen) atoms. The molecule has 3 heteroatoms. The SMILES string of the molecule is N#CC1CCCCC12OCCO2. The van der Waals surface area contributed by atoms with Gasteiger partial charge in [-0.15, -0.1) is 0 Å². The van der Waals surface area contributed by atoms with Gasteiger partial charge in [-0.2, -0.15) is 5.26 Å². The Morgan fingerprint density at radius 1 is 1.25 bits per heavy atom. The van der Waals surface area contributed by atoms with E-state index in [2.05, 4.69) is 6.07 Å². The molecule has 1 aliphatic heterocycles. The second-order valence-corrected chi connectivity index (χ2v) is 3.44. The van der Waals surface area contributed by atoms with Crippen molar-refractivity contribution in [3.8, 4) is 6.07 Å². The van der Waals surface area contributed by atoms with E-state index in [-0.39, 0.29) is 5.92 Å². The molecule has 66 valence electrons. The highest BCUT2D eigenvalue weighted by atomic mass is 16.7. The minimum absolute atomic E-state index is 0.0475. The Morgan fingerprint density at radius 3 is 2.67 bits per heavy atom. The molecule has 1 saturated heterocycles. The van der Waals surface area contributed by atoms with E-state index in [1.807, 2.05) is 0 Å². The van der Waals surface area contributed by atoms with Crippen molar-refractivity contribution in [1.29, 1.82) is 5.26 Å². The van der Waals surface area contributed by atoms with Crippen molar-refractivity contribution in [2.45, 2.75) is 31.5 Å². The third-order valence-corrected chi connectivity index (χ3v) is 2.73. The van der Waals surface area contributed by atoms with Gasteiger partial charge in [-0.25, -0.2) is 0 Å². The van der Waals surface area contributed by atoms with Crippen LogP contribution in [0.5, 0.6) is 0 Å². The zero-order valence-electron chi connectivity index (χ0n) is 7.08. The summed E-state index contributed by atoms with van der Waals surface area (Å²) >= 11 is 0. The number of hydrogen-bond acceptors (Lipinski definition) is 3. The monoisotopic (exact) mass is 167 g/mol. The first kappa shape index (κ1) is 8.03. The summed E-state index contributed by atoms with van der Waals surface area (Å²) in [7, 11) is 0. The van der Waals surface area contributed by atoms with Crippen LogP contribution in [0.2, 0.25) is 0 Å². The largest absolute Gasteiger partial charge is 0.346 e. The molecule has 0 radical (unpaired) electrons. The molecule has 1 saturated carbocycles. The van der Waals surface area contributed by atoms with E-state index < -0.39 is 5.79 Å². The van der Waals surface area contributed by atoms with Crippen LogP contribution < -0.4 is 0 Å². The Bertz CT molecular complexity index is 203. The van der Waals surface area contributed by atoms with Crippen LogP contribution in [0.25, 0.3) is 0 Å². The maximum Gasteiger partial charge on any atom is 0.184 e. The molecule has 2 aliphatic rings. The van der Waals surface area contributed by atoms with E-state index in [9.17, 15) is 0 Å². The molecule has 0 aromatic heterocycles. The normalized spacial score (nSPS) is 33.4.